The molecule has 0 saturated carbocycles. The van der Waals surface area contributed by atoms with E-state index in [-0.39, 0.29) is 0 Å². The molecule has 0 N–H and O–H groups in total. The van der Waals surface area contributed by atoms with Crippen molar-refractivity contribution in [2.75, 3.05) is 0 Å². The molecule has 2 aromatic rings. The third-order valence-electron chi connectivity index (χ3n) is 2.20. The lowest BCUT2D eigenvalue weighted by molar-refractivity contribution is 0.112. The monoisotopic (exact) mass is 268 g/mol. The predicted molar refractivity (Wildman–Crippen MR) is 64.6 cm³/mol. The predicted octanol–water partition coefficient (Wildman–Crippen LogP) is 3.92. The van der Waals surface area contributed by atoms with E-state index in [9.17, 15) is 4.79 Å². The molecule has 0 atom stereocenters. The molecule has 0 fully saturated rings. The highest BCUT2D eigenvalue weighted by Gasteiger charge is 2.09. The Kier molecular flexibility index (Phi) is 2.70. The molecular weight excluding hydrogens is 260 g/mol. The standard InChI is InChI=1S/C11H9BrOS/c1-7-2-3-10-8(4-7)9(6-13)11(5-12)14-10/h2-4,6H,5H2,1H3. The summed E-state index contributed by atoms with van der Waals surface area (Å²) in [5, 5.41) is 1.83. The summed E-state index contributed by atoms with van der Waals surface area (Å²) in [6, 6.07) is 6.22. The maximum absolute atomic E-state index is 11.0. The fraction of sp³-hybridized carbons (Fsp3) is 0.182. The molecule has 0 aliphatic carbocycles. The van der Waals surface area contributed by atoms with Crippen LogP contribution in [0.5, 0.6) is 0 Å². The van der Waals surface area contributed by atoms with E-state index in [1.165, 1.54) is 10.3 Å². The van der Waals surface area contributed by atoms with E-state index >= 15 is 0 Å². The van der Waals surface area contributed by atoms with E-state index in [1.54, 1.807) is 11.3 Å². The molecule has 0 saturated heterocycles. The van der Waals surface area contributed by atoms with E-state index in [0.29, 0.717) is 0 Å². The first-order valence-electron chi connectivity index (χ1n) is 4.29. The Balaban J connectivity index is 2.81. The van der Waals surface area contributed by atoms with Crippen molar-refractivity contribution in [1.82, 2.24) is 0 Å². The van der Waals surface area contributed by atoms with Crippen LogP contribution >= 0.6 is 27.3 Å². The van der Waals surface area contributed by atoms with Crippen molar-refractivity contribution >= 4 is 43.6 Å². The normalized spacial score (nSPS) is 10.7. The number of hydrogen-bond acceptors (Lipinski definition) is 2. The first-order valence-corrected chi connectivity index (χ1v) is 6.23. The molecule has 0 radical (unpaired) electrons. The van der Waals surface area contributed by atoms with Gasteiger partial charge in [-0.3, -0.25) is 4.79 Å². The van der Waals surface area contributed by atoms with Crippen LogP contribution in [0.25, 0.3) is 10.1 Å². The van der Waals surface area contributed by atoms with Crippen LogP contribution in [0.3, 0.4) is 0 Å². The van der Waals surface area contributed by atoms with Crippen LogP contribution < -0.4 is 0 Å². The molecule has 0 aliphatic heterocycles. The van der Waals surface area contributed by atoms with Crippen molar-refractivity contribution < 1.29 is 4.79 Å². The zero-order valence-corrected chi connectivity index (χ0v) is 10.1. The van der Waals surface area contributed by atoms with Crippen molar-refractivity contribution in [3.05, 3.63) is 34.2 Å². The minimum atomic E-state index is 0.749. The fourth-order valence-corrected chi connectivity index (χ4v) is 3.16. The van der Waals surface area contributed by atoms with Gasteiger partial charge >= 0.3 is 0 Å². The minimum absolute atomic E-state index is 0.749. The van der Waals surface area contributed by atoms with Gasteiger partial charge in [-0.15, -0.1) is 11.3 Å². The summed E-state index contributed by atoms with van der Waals surface area (Å²) in [7, 11) is 0. The zero-order valence-electron chi connectivity index (χ0n) is 7.71. The summed E-state index contributed by atoms with van der Waals surface area (Å²) in [6.45, 7) is 2.04. The summed E-state index contributed by atoms with van der Waals surface area (Å²) < 4.78 is 1.19. The number of aldehydes is 1. The van der Waals surface area contributed by atoms with Gasteiger partial charge in [-0.25, -0.2) is 0 Å². The van der Waals surface area contributed by atoms with Crippen LogP contribution in [-0.4, -0.2) is 6.29 Å². The van der Waals surface area contributed by atoms with Crippen molar-refractivity contribution in [1.29, 1.82) is 0 Å². The van der Waals surface area contributed by atoms with Crippen molar-refractivity contribution in [3.8, 4) is 0 Å². The lowest BCUT2D eigenvalue weighted by atomic mass is 10.1. The van der Waals surface area contributed by atoms with E-state index in [1.807, 2.05) is 6.92 Å². The third-order valence-corrected chi connectivity index (χ3v) is 4.32. The van der Waals surface area contributed by atoms with Crippen LogP contribution in [0, 0.1) is 6.92 Å². The molecule has 1 aromatic carbocycles. The summed E-state index contributed by atoms with van der Waals surface area (Å²) in [6.07, 6.45) is 0.953. The van der Waals surface area contributed by atoms with Gasteiger partial charge in [0.15, 0.2) is 6.29 Å². The maximum atomic E-state index is 11.0. The van der Waals surface area contributed by atoms with Gasteiger partial charge in [0.1, 0.15) is 0 Å². The molecule has 0 aliphatic rings. The minimum Gasteiger partial charge on any atom is -0.298 e. The highest BCUT2D eigenvalue weighted by molar-refractivity contribution is 9.08. The Labute approximate surface area is 94.9 Å². The molecule has 1 nitrogen and oxygen atoms in total. The Morgan fingerprint density at radius 3 is 2.93 bits per heavy atom. The van der Waals surface area contributed by atoms with E-state index < -0.39 is 0 Å². The van der Waals surface area contributed by atoms with Gasteiger partial charge < -0.3 is 0 Å². The molecular formula is C11H9BrOS. The second kappa shape index (κ2) is 3.83. The fourth-order valence-electron chi connectivity index (χ4n) is 1.51. The van der Waals surface area contributed by atoms with E-state index in [4.69, 9.17) is 0 Å². The molecule has 1 aromatic heterocycles. The second-order valence-electron chi connectivity index (χ2n) is 3.19. The van der Waals surface area contributed by atoms with Crippen molar-refractivity contribution in [2.24, 2.45) is 0 Å². The van der Waals surface area contributed by atoms with Crippen molar-refractivity contribution in [2.45, 2.75) is 12.3 Å². The topological polar surface area (TPSA) is 17.1 Å². The summed E-state index contributed by atoms with van der Waals surface area (Å²) in [4.78, 5) is 12.1. The first kappa shape index (κ1) is 9.87. The van der Waals surface area contributed by atoms with Gasteiger partial charge in [-0.1, -0.05) is 27.6 Å². The van der Waals surface area contributed by atoms with E-state index in [0.717, 1.165) is 27.4 Å². The lowest BCUT2D eigenvalue weighted by Gasteiger charge is -1.93. The van der Waals surface area contributed by atoms with Gasteiger partial charge in [0.25, 0.3) is 0 Å². The molecule has 0 unspecified atom stereocenters. The van der Waals surface area contributed by atoms with Gasteiger partial charge in [-0.2, -0.15) is 0 Å². The quantitative estimate of drug-likeness (QED) is 0.596. The van der Waals surface area contributed by atoms with Gasteiger partial charge in [0.2, 0.25) is 0 Å². The Morgan fingerprint density at radius 1 is 1.50 bits per heavy atom. The van der Waals surface area contributed by atoms with Gasteiger partial charge in [0.05, 0.1) is 0 Å². The maximum Gasteiger partial charge on any atom is 0.151 e. The number of alkyl halides is 1. The molecule has 1 heterocycles. The lowest BCUT2D eigenvalue weighted by Crippen LogP contribution is -1.82. The molecule has 14 heavy (non-hydrogen) atoms. The highest BCUT2D eigenvalue weighted by atomic mass is 79.9. The first-order chi connectivity index (χ1) is 6.76. The Hall–Kier alpha value is -0.670. The van der Waals surface area contributed by atoms with Crippen LogP contribution in [-0.2, 0) is 5.33 Å². The molecule has 3 heteroatoms. The van der Waals surface area contributed by atoms with Gasteiger partial charge in [-0.05, 0) is 19.1 Å². The SMILES string of the molecule is Cc1ccc2sc(CBr)c(C=O)c2c1. The Morgan fingerprint density at radius 2 is 2.29 bits per heavy atom. The van der Waals surface area contributed by atoms with Crippen molar-refractivity contribution in [3.63, 3.8) is 0 Å². The molecule has 0 amide bonds. The average molecular weight is 269 g/mol. The highest BCUT2D eigenvalue weighted by Crippen LogP contribution is 2.32. The third kappa shape index (κ3) is 1.51. The van der Waals surface area contributed by atoms with Gasteiger partial charge in [0, 0.05) is 25.9 Å². The largest absolute Gasteiger partial charge is 0.298 e. The number of carbonyl (C=O) groups excluding carboxylic acids is 1. The number of rotatable bonds is 2. The average Bonchev–Trinajstić information content (AvgIpc) is 2.54. The molecule has 0 bridgehead atoms. The second-order valence-corrected chi connectivity index (χ2v) is 4.89. The smallest absolute Gasteiger partial charge is 0.151 e. The van der Waals surface area contributed by atoms with Crippen LogP contribution in [0.4, 0.5) is 0 Å². The summed E-state index contributed by atoms with van der Waals surface area (Å²) >= 11 is 5.08. The van der Waals surface area contributed by atoms with Crippen LogP contribution in [0.1, 0.15) is 20.8 Å². The molecule has 0 spiro atoms. The molecule has 2 rings (SSSR count). The number of halogens is 1. The van der Waals surface area contributed by atoms with E-state index in [2.05, 4.69) is 34.1 Å². The zero-order chi connectivity index (χ0) is 10.1. The number of carbonyl (C=O) groups is 1. The number of fused-ring (bicyclic) bond motifs is 1. The number of aryl methyl sites for hydroxylation is 1. The number of hydrogen-bond donors (Lipinski definition) is 0. The van der Waals surface area contributed by atoms with Crippen LogP contribution in [0.2, 0.25) is 0 Å². The summed E-state index contributed by atoms with van der Waals surface area (Å²) in [5.74, 6) is 0. The van der Waals surface area contributed by atoms with Crippen LogP contribution in [0.15, 0.2) is 18.2 Å². The number of thiophene rings is 1. The Bertz CT molecular complexity index is 487. The summed E-state index contributed by atoms with van der Waals surface area (Å²) in [5.41, 5.74) is 2.03. The number of benzene rings is 1. The molecule has 72 valence electrons.